The average molecular weight is 562 g/mol. The van der Waals surface area contributed by atoms with Crippen molar-refractivity contribution in [2.24, 2.45) is 0 Å². The third kappa shape index (κ3) is 4.65. The Balaban J connectivity index is 1.25. The van der Waals surface area contributed by atoms with E-state index in [-0.39, 0.29) is 24.5 Å². The third-order valence-corrected chi connectivity index (χ3v) is 9.06. The zero-order valence-electron chi connectivity index (χ0n) is 24.8. The fourth-order valence-corrected chi connectivity index (χ4v) is 6.97. The predicted octanol–water partition coefficient (Wildman–Crippen LogP) is 6.92. The molecular formula is C37H39NO4. The van der Waals surface area contributed by atoms with Crippen LogP contribution in [-0.4, -0.2) is 43.5 Å². The smallest absolute Gasteiger partial charge is 0.164 e. The maximum absolute atomic E-state index is 7.18. The number of ether oxygens (including phenoxy) is 4. The summed E-state index contributed by atoms with van der Waals surface area (Å²) in [5.74, 6) is -0.698. The molecule has 0 saturated carbocycles. The molecule has 0 aromatic heterocycles. The molecule has 3 aliphatic rings. The minimum absolute atomic E-state index is 0.222. The van der Waals surface area contributed by atoms with Crippen LogP contribution in [0.2, 0.25) is 0 Å². The number of anilines is 1. The van der Waals surface area contributed by atoms with E-state index in [9.17, 15) is 0 Å². The Bertz CT molecular complexity index is 1440. The van der Waals surface area contributed by atoms with Gasteiger partial charge in [-0.2, -0.15) is 0 Å². The van der Waals surface area contributed by atoms with E-state index in [1.54, 1.807) is 0 Å². The third-order valence-electron chi connectivity index (χ3n) is 9.06. The number of benzene rings is 4. The van der Waals surface area contributed by atoms with E-state index < -0.39 is 11.4 Å². The molecule has 0 N–H and O–H groups in total. The van der Waals surface area contributed by atoms with Crippen molar-refractivity contribution >= 4 is 5.69 Å². The lowest BCUT2D eigenvalue weighted by Gasteiger charge is -2.37. The number of rotatable bonds is 7. The molecule has 3 heterocycles. The van der Waals surface area contributed by atoms with E-state index in [1.165, 1.54) is 22.4 Å². The zero-order chi connectivity index (χ0) is 28.9. The number of hydrogen-bond acceptors (Lipinski definition) is 5. The van der Waals surface area contributed by atoms with Gasteiger partial charge >= 0.3 is 0 Å². The van der Waals surface area contributed by atoms with Gasteiger partial charge in [0.2, 0.25) is 0 Å². The Morgan fingerprint density at radius 2 is 1.29 bits per heavy atom. The molecule has 0 aliphatic carbocycles. The van der Waals surface area contributed by atoms with E-state index >= 15 is 0 Å². The molecule has 42 heavy (non-hydrogen) atoms. The Kier molecular flexibility index (Phi) is 6.94. The first-order valence-electron chi connectivity index (χ1n) is 15.0. The summed E-state index contributed by atoms with van der Waals surface area (Å²) in [4.78, 5) is 2.38. The highest BCUT2D eigenvalue weighted by Gasteiger charge is 2.58. The second kappa shape index (κ2) is 10.7. The van der Waals surface area contributed by atoms with Crippen LogP contribution in [0, 0.1) is 13.8 Å². The molecule has 4 aromatic carbocycles. The largest absolute Gasteiger partial charge is 0.358 e. The molecule has 4 aromatic rings. The van der Waals surface area contributed by atoms with Crippen LogP contribution in [0.25, 0.3) is 0 Å². The number of hydrogen-bond donors (Lipinski definition) is 0. The Labute approximate surface area is 249 Å². The van der Waals surface area contributed by atoms with Crippen molar-refractivity contribution in [3.05, 3.63) is 137 Å². The van der Waals surface area contributed by atoms with Crippen molar-refractivity contribution in [2.75, 3.05) is 18.1 Å². The fraction of sp³-hybridized carbons (Fsp3) is 0.351. The van der Waals surface area contributed by atoms with Gasteiger partial charge in [-0.3, -0.25) is 0 Å². The topological polar surface area (TPSA) is 40.2 Å². The Hall–Kier alpha value is -3.48. The van der Waals surface area contributed by atoms with E-state index in [1.807, 2.05) is 32.0 Å². The fourth-order valence-electron chi connectivity index (χ4n) is 6.97. The van der Waals surface area contributed by atoms with Gasteiger partial charge in [0, 0.05) is 12.2 Å². The predicted molar refractivity (Wildman–Crippen MR) is 165 cm³/mol. The molecule has 2 saturated heterocycles. The maximum Gasteiger partial charge on any atom is 0.164 e. The lowest BCUT2D eigenvalue weighted by molar-refractivity contribution is -0.195. The molecule has 2 fully saturated rings. The molecule has 5 heteroatoms. The Morgan fingerprint density at radius 3 is 1.86 bits per heavy atom. The van der Waals surface area contributed by atoms with Crippen LogP contribution in [0.4, 0.5) is 5.69 Å². The lowest BCUT2D eigenvalue weighted by atomic mass is 9.80. The maximum atomic E-state index is 7.18. The van der Waals surface area contributed by atoms with Crippen molar-refractivity contribution in [1.82, 2.24) is 0 Å². The van der Waals surface area contributed by atoms with Crippen molar-refractivity contribution in [2.45, 2.75) is 70.0 Å². The van der Waals surface area contributed by atoms with Crippen LogP contribution < -0.4 is 4.90 Å². The highest BCUT2D eigenvalue weighted by atomic mass is 16.8. The molecule has 0 amide bonds. The molecule has 216 valence electrons. The van der Waals surface area contributed by atoms with Crippen molar-refractivity contribution in [3.63, 3.8) is 0 Å². The lowest BCUT2D eigenvalue weighted by Crippen LogP contribution is -2.43. The van der Waals surface area contributed by atoms with Crippen molar-refractivity contribution < 1.29 is 18.9 Å². The first kappa shape index (κ1) is 27.4. The molecule has 4 atom stereocenters. The molecule has 5 nitrogen and oxygen atoms in total. The van der Waals surface area contributed by atoms with Gasteiger partial charge < -0.3 is 23.8 Å². The van der Waals surface area contributed by atoms with Gasteiger partial charge in [0.25, 0.3) is 0 Å². The van der Waals surface area contributed by atoms with E-state index in [2.05, 4.69) is 104 Å². The molecule has 0 radical (unpaired) electrons. The minimum Gasteiger partial charge on any atom is -0.358 e. The summed E-state index contributed by atoms with van der Waals surface area (Å²) in [6.07, 6.45) is -0.0411. The van der Waals surface area contributed by atoms with Gasteiger partial charge in [-0.1, -0.05) is 97.1 Å². The van der Waals surface area contributed by atoms with E-state index in [0.717, 1.165) is 29.7 Å². The molecule has 7 rings (SSSR count). The monoisotopic (exact) mass is 561 g/mol. The quantitative estimate of drug-likeness (QED) is 0.229. The SMILES string of the molecule is Cc1cc2c(cc1C)N([C@H]1O[C@H](COC(c3ccccc3)(c3ccccc3)c3ccccc3)[C@H]3OC(C)(C)O[C@H]31)CC2. The Morgan fingerprint density at radius 1 is 0.762 bits per heavy atom. The molecule has 0 unspecified atom stereocenters. The van der Waals surface area contributed by atoms with Crippen LogP contribution >= 0.6 is 0 Å². The summed E-state index contributed by atoms with van der Waals surface area (Å²) in [7, 11) is 0. The van der Waals surface area contributed by atoms with Gasteiger partial charge in [0.15, 0.2) is 12.0 Å². The van der Waals surface area contributed by atoms with Crippen LogP contribution in [0.15, 0.2) is 103 Å². The zero-order valence-corrected chi connectivity index (χ0v) is 24.8. The van der Waals surface area contributed by atoms with Gasteiger partial charge in [-0.25, -0.2) is 0 Å². The van der Waals surface area contributed by atoms with Gasteiger partial charge in [-0.05, 0) is 73.6 Å². The summed E-state index contributed by atoms with van der Waals surface area (Å²) in [6, 6.07) is 36.0. The van der Waals surface area contributed by atoms with Crippen LogP contribution in [-0.2, 0) is 31.0 Å². The number of fused-ring (bicyclic) bond motifs is 2. The van der Waals surface area contributed by atoms with Gasteiger partial charge in [0.05, 0.1) is 6.61 Å². The second-order valence-corrected chi connectivity index (χ2v) is 12.2. The highest BCUT2D eigenvalue weighted by Crippen LogP contribution is 2.46. The number of nitrogens with zero attached hydrogens (tertiary/aromatic N) is 1. The molecule has 0 spiro atoms. The normalized spacial score (nSPS) is 24.5. The van der Waals surface area contributed by atoms with Crippen LogP contribution in [0.3, 0.4) is 0 Å². The molecular weight excluding hydrogens is 522 g/mol. The summed E-state index contributed by atoms with van der Waals surface area (Å²) in [6.45, 7) is 9.58. The molecule has 0 bridgehead atoms. The van der Waals surface area contributed by atoms with E-state index in [4.69, 9.17) is 18.9 Å². The summed E-state index contributed by atoms with van der Waals surface area (Å²) >= 11 is 0. The standard InChI is InChI=1S/C37H39NO4/c1-25-22-27-20-21-38(31(27)23-26(25)2)35-34-33(41-36(3,4)42-34)32(40-35)24-39-37(28-14-8-5-9-15-28,29-16-10-6-11-17-29)30-18-12-7-13-19-30/h5-19,22-23,32-35H,20-21,24H2,1-4H3/t32-,33-,34-,35+/m1/s1. The highest BCUT2D eigenvalue weighted by molar-refractivity contribution is 5.62. The van der Waals surface area contributed by atoms with Crippen molar-refractivity contribution in [1.29, 1.82) is 0 Å². The number of aryl methyl sites for hydroxylation is 2. The summed E-state index contributed by atoms with van der Waals surface area (Å²) < 4.78 is 27.1. The first-order valence-corrected chi connectivity index (χ1v) is 15.0. The van der Waals surface area contributed by atoms with Crippen LogP contribution in [0.1, 0.15) is 47.2 Å². The molecule has 3 aliphatic heterocycles. The van der Waals surface area contributed by atoms with Crippen LogP contribution in [0.5, 0.6) is 0 Å². The van der Waals surface area contributed by atoms with Gasteiger partial charge in [0.1, 0.15) is 23.9 Å². The average Bonchev–Trinajstić information content (AvgIpc) is 3.65. The summed E-state index contributed by atoms with van der Waals surface area (Å²) in [5, 5.41) is 0. The first-order chi connectivity index (χ1) is 20.4. The van der Waals surface area contributed by atoms with Gasteiger partial charge in [-0.15, -0.1) is 0 Å². The summed E-state index contributed by atoms with van der Waals surface area (Å²) in [5.41, 5.74) is 7.59. The van der Waals surface area contributed by atoms with E-state index in [0.29, 0.717) is 6.61 Å². The minimum atomic E-state index is -0.829. The van der Waals surface area contributed by atoms with Crippen molar-refractivity contribution in [3.8, 4) is 0 Å². The second-order valence-electron chi connectivity index (χ2n) is 12.2.